The molecule has 1 atom stereocenters. The molecule has 0 bridgehead atoms. The molecule has 2 aromatic rings. The predicted molar refractivity (Wildman–Crippen MR) is 99.8 cm³/mol. The molecule has 136 valence electrons. The van der Waals surface area contributed by atoms with Crippen LogP contribution >= 0.6 is 0 Å². The Bertz CT molecular complexity index is 900. The summed E-state index contributed by atoms with van der Waals surface area (Å²) in [6.45, 7) is 1.56. The average Bonchev–Trinajstić information content (AvgIpc) is 2.65. The van der Waals surface area contributed by atoms with E-state index in [0.717, 1.165) is 5.56 Å². The van der Waals surface area contributed by atoms with Crippen LogP contribution < -0.4 is 14.2 Å². The molecule has 0 saturated carbocycles. The number of benzene rings is 2. The topological polar surface area (TPSA) is 47.9 Å². The molecule has 0 aliphatic carbocycles. The smallest absolute Gasteiger partial charge is 0.160 e. The van der Waals surface area contributed by atoms with E-state index in [1.165, 1.54) is 25.3 Å². The van der Waals surface area contributed by atoms with Crippen LogP contribution in [-0.2, 0) is 6.42 Å². The highest BCUT2D eigenvalue weighted by Crippen LogP contribution is 2.28. The number of ether oxygens (including phenoxy) is 3. The van der Waals surface area contributed by atoms with Gasteiger partial charge in [0.25, 0.3) is 0 Å². The highest BCUT2D eigenvalue weighted by molar-refractivity contribution is 5.42. The SMILES string of the molecule is [2H]C([2H])(Cc1ccc(OC([2H])([2H])[2H])c(OC)c1)CC([2H])([2H])C(O)COc1cccc(C)c1. The van der Waals surface area contributed by atoms with Crippen molar-refractivity contribution in [1.29, 1.82) is 0 Å². The summed E-state index contributed by atoms with van der Waals surface area (Å²) in [5.74, 6) is 0.620. The van der Waals surface area contributed by atoms with Crippen molar-refractivity contribution in [2.45, 2.75) is 38.6 Å². The molecule has 1 unspecified atom stereocenters. The molecule has 0 spiro atoms. The minimum atomic E-state index is -2.66. The first-order chi connectivity index (χ1) is 14.7. The molecule has 0 aliphatic heterocycles. The fourth-order valence-corrected chi connectivity index (χ4v) is 2.24. The first-order valence-electron chi connectivity index (χ1n) is 11.4. The number of aliphatic hydroxyl groups excluding tert-OH is 1. The Morgan fingerprint density at radius 2 is 2.04 bits per heavy atom. The third-order valence-corrected chi connectivity index (χ3v) is 3.53. The summed E-state index contributed by atoms with van der Waals surface area (Å²) in [7, 11) is -1.32. The summed E-state index contributed by atoms with van der Waals surface area (Å²) in [6, 6.07) is 11.4. The van der Waals surface area contributed by atoms with E-state index in [-0.39, 0.29) is 24.5 Å². The summed E-state index contributed by atoms with van der Waals surface area (Å²) in [5, 5.41) is 10.3. The van der Waals surface area contributed by atoms with Gasteiger partial charge < -0.3 is 19.3 Å². The standard InChI is InChI=1S/C21H28O4/c1-16-7-6-10-19(13-16)25-15-18(22)9-5-4-8-17-11-12-20(23-2)21(14-17)24-3/h6-7,10-14,18,22H,4-5,8-9,15H2,1-3H3/i2D3,4D2,9D2. The van der Waals surface area contributed by atoms with Gasteiger partial charge in [-0.1, -0.05) is 24.6 Å². The third-order valence-electron chi connectivity index (χ3n) is 3.53. The maximum absolute atomic E-state index is 10.3. The second kappa shape index (κ2) is 9.94. The molecule has 0 aromatic heterocycles. The maximum atomic E-state index is 10.3. The third kappa shape index (κ3) is 6.31. The van der Waals surface area contributed by atoms with Gasteiger partial charge >= 0.3 is 0 Å². The van der Waals surface area contributed by atoms with Gasteiger partial charge in [-0.05, 0) is 61.5 Å². The molecule has 0 heterocycles. The van der Waals surface area contributed by atoms with Crippen LogP contribution in [0.15, 0.2) is 42.5 Å². The van der Waals surface area contributed by atoms with E-state index in [0.29, 0.717) is 11.3 Å². The lowest BCUT2D eigenvalue weighted by molar-refractivity contribution is 0.0976. The van der Waals surface area contributed by atoms with Crippen molar-refractivity contribution in [2.75, 3.05) is 20.8 Å². The lowest BCUT2D eigenvalue weighted by Gasteiger charge is -2.13. The Labute approximate surface area is 160 Å². The van der Waals surface area contributed by atoms with Crippen molar-refractivity contribution in [2.24, 2.45) is 0 Å². The van der Waals surface area contributed by atoms with Gasteiger partial charge in [0.1, 0.15) is 12.4 Å². The minimum absolute atomic E-state index is 0.00383. The second-order valence-corrected chi connectivity index (χ2v) is 5.54. The van der Waals surface area contributed by atoms with Crippen LogP contribution in [-0.4, -0.2) is 32.0 Å². The van der Waals surface area contributed by atoms with Crippen molar-refractivity contribution in [3.63, 3.8) is 0 Å². The maximum Gasteiger partial charge on any atom is 0.160 e. The molecular weight excluding hydrogens is 316 g/mol. The lowest BCUT2D eigenvalue weighted by Crippen LogP contribution is -2.17. The van der Waals surface area contributed by atoms with Crippen molar-refractivity contribution in [1.82, 2.24) is 0 Å². The van der Waals surface area contributed by atoms with Gasteiger partial charge in [0, 0.05) is 5.48 Å². The van der Waals surface area contributed by atoms with E-state index in [1.807, 2.05) is 13.0 Å². The largest absolute Gasteiger partial charge is 0.493 e. The normalized spacial score (nSPS) is 17.6. The first kappa shape index (κ1) is 11.4. The zero-order valence-electron chi connectivity index (χ0n) is 21.4. The van der Waals surface area contributed by atoms with Crippen molar-refractivity contribution in [3.05, 3.63) is 53.6 Å². The number of hydrogen-bond donors (Lipinski definition) is 1. The van der Waals surface area contributed by atoms with Crippen LogP contribution in [0.5, 0.6) is 17.2 Å². The molecule has 2 aromatic carbocycles. The van der Waals surface area contributed by atoms with E-state index in [1.54, 1.807) is 18.2 Å². The summed E-state index contributed by atoms with van der Waals surface area (Å²) in [5.41, 5.74) is 1.42. The van der Waals surface area contributed by atoms with Gasteiger partial charge in [0.05, 0.1) is 24.4 Å². The Kier molecular flexibility index (Phi) is 4.54. The molecule has 4 nitrogen and oxygen atoms in total. The van der Waals surface area contributed by atoms with Crippen molar-refractivity contribution < 1.29 is 28.9 Å². The van der Waals surface area contributed by atoms with Gasteiger partial charge in [0.2, 0.25) is 0 Å². The Balaban J connectivity index is 2.04. The molecule has 0 aliphatic rings. The van der Waals surface area contributed by atoms with E-state index >= 15 is 0 Å². The minimum Gasteiger partial charge on any atom is -0.493 e. The van der Waals surface area contributed by atoms with Crippen molar-refractivity contribution in [3.8, 4) is 17.2 Å². The molecule has 0 amide bonds. The number of aliphatic hydroxyl groups is 1. The molecule has 0 radical (unpaired) electrons. The molecule has 0 saturated heterocycles. The predicted octanol–water partition coefficient (Wildman–Crippen LogP) is 4.16. The summed E-state index contributed by atoms with van der Waals surface area (Å²) >= 11 is 0. The molecule has 1 N–H and O–H groups in total. The van der Waals surface area contributed by atoms with Crippen LogP contribution in [0.1, 0.15) is 39.9 Å². The second-order valence-electron chi connectivity index (χ2n) is 5.54. The molecular formula is C21H28O4. The van der Waals surface area contributed by atoms with Crippen LogP contribution in [0.2, 0.25) is 0 Å². The number of rotatable bonds is 10. The summed E-state index contributed by atoms with van der Waals surface area (Å²) in [6.07, 6.45) is -6.55. The number of methoxy groups -OCH3 is 2. The van der Waals surface area contributed by atoms with E-state index < -0.39 is 32.3 Å². The van der Waals surface area contributed by atoms with Crippen LogP contribution in [0, 0.1) is 6.92 Å². The van der Waals surface area contributed by atoms with Gasteiger partial charge in [-0.25, -0.2) is 0 Å². The van der Waals surface area contributed by atoms with Crippen LogP contribution in [0.3, 0.4) is 0 Å². The number of hydrogen-bond acceptors (Lipinski definition) is 4. The molecule has 0 fully saturated rings. The Morgan fingerprint density at radius 1 is 1.16 bits per heavy atom. The van der Waals surface area contributed by atoms with Gasteiger partial charge in [-0.15, -0.1) is 0 Å². The van der Waals surface area contributed by atoms with Gasteiger partial charge in [0.15, 0.2) is 11.5 Å². The van der Waals surface area contributed by atoms with Gasteiger partial charge in [-0.2, -0.15) is 0 Å². The highest BCUT2D eigenvalue weighted by Gasteiger charge is 2.07. The van der Waals surface area contributed by atoms with Crippen molar-refractivity contribution >= 4 is 0 Å². The van der Waals surface area contributed by atoms with Crippen LogP contribution in [0.4, 0.5) is 0 Å². The zero-order chi connectivity index (χ0) is 24.2. The Morgan fingerprint density at radius 3 is 2.80 bits per heavy atom. The fourth-order valence-electron chi connectivity index (χ4n) is 2.24. The molecule has 2 rings (SSSR count). The van der Waals surface area contributed by atoms with Gasteiger partial charge in [-0.3, -0.25) is 0 Å². The van der Waals surface area contributed by atoms with E-state index in [2.05, 4.69) is 0 Å². The average molecular weight is 351 g/mol. The number of aryl methyl sites for hydroxylation is 2. The molecule has 4 heteroatoms. The summed E-state index contributed by atoms with van der Waals surface area (Å²) < 4.78 is 69.9. The summed E-state index contributed by atoms with van der Waals surface area (Å²) in [4.78, 5) is 0. The fraction of sp³-hybridized carbons (Fsp3) is 0.429. The highest BCUT2D eigenvalue weighted by atomic mass is 16.5. The Hall–Kier alpha value is -2.20. The zero-order valence-corrected chi connectivity index (χ0v) is 14.4. The first-order valence-corrected chi connectivity index (χ1v) is 7.94. The monoisotopic (exact) mass is 351 g/mol. The molecule has 25 heavy (non-hydrogen) atoms. The quantitative estimate of drug-likeness (QED) is 0.698. The van der Waals surface area contributed by atoms with Crippen LogP contribution in [0.25, 0.3) is 0 Å². The van der Waals surface area contributed by atoms with E-state index in [4.69, 9.17) is 23.8 Å². The lowest BCUT2D eigenvalue weighted by atomic mass is 10.0. The van der Waals surface area contributed by atoms with E-state index in [9.17, 15) is 5.11 Å².